The topological polar surface area (TPSA) is 109 Å². The van der Waals surface area contributed by atoms with Gasteiger partial charge in [0.15, 0.2) is 21.2 Å². The minimum Gasteiger partial charge on any atom is -0.407 e. The summed E-state index contributed by atoms with van der Waals surface area (Å²) in [6, 6.07) is 6.70. The van der Waals surface area contributed by atoms with Gasteiger partial charge in [0.1, 0.15) is 5.82 Å². The molecule has 0 fully saturated rings. The number of halogens is 3. The smallest absolute Gasteiger partial charge is 0.407 e. The summed E-state index contributed by atoms with van der Waals surface area (Å²) in [6.45, 7) is 0.276. The number of urea groups is 1. The van der Waals surface area contributed by atoms with Crippen LogP contribution in [0.5, 0.6) is 5.75 Å². The highest BCUT2D eigenvalue weighted by Crippen LogP contribution is 2.24. The number of rotatable bonds is 6. The molecular weight excluding hydrogens is 470 g/mol. The largest absolute Gasteiger partial charge is 0.415 e. The molecule has 162 valence electrons. The number of carbonyl (C=O) groups excluding carboxylic acids is 2. The molecule has 9 nitrogen and oxygen atoms in total. The zero-order chi connectivity index (χ0) is 22.4. The molecule has 0 unspecified atom stereocenters. The van der Waals surface area contributed by atoms with Crippen molar-refractivity contribution in [1.29, 1.82) is 0 Å². The van der Waals surface area contributed by atoms with Crippen LogP contribution in [0, 0.1) is 5.82 Å². The third kappa shape index (κ3) is 6.74. The fraction of sp³-hybridized carbons (Fsp3) is 0.167. The minimum atomic E-state index is -0.707. The van der Waals surface area contributed by atoms with Crippen molar-refractivity contribution in [3.05, 3.63) is 63.1 Å². The molecule has 3 rings (SSSR count). The zero-order valence-electron chi connectivity index (χ0n) is 15.9. The van der Waals surface area contributed by atoms with Crippen molar-refractivity contribution in [2.24, 2.45) is 0 Å². The highest BCUT2D eigenvalue weighted by Gasteiger charge is 2.17. The minimum absolute atomic E-state index is 0.0193. The van der Waals surface area contributed by atoms with E-state index in [2.05, 4.69) is 25.8 Å². The van der Waals surface area contributed by atoms with Crippen LogP contribution in [0.3, 0.4) is 0 Å². The summed E-state index contributed by atoms with van der Waals surface area (Å²) >= 11 is 12.7. The summed E-state index contributed by atoms with van der Waals surface area (Å²) in [6.07, 6.45) is -0.707. The quantitative estimate of drug-likeness (QED) is 0.538. The first-order chi connectivity index (χ1) is 14.8. The summed E-state index contributed by atoms with van der Waals surface area (Å²) in [5.74, 6) is -0.397. The number of aromatic nitrogens is 3. The van der Waals surface area contributed by atoms with E-state index < -0.39 is 12.1 Å². The van der Waals surface area contributed by atoms with Gasteiger partial charge >= 0.3 is 12.1 Å². The van der Waals surface area contributed by atoms with E-state index >= 15 is 0 Å². The van der Waals surface area contributed by atoms with Gasteiger partial charge in [0.05, 0.1) is 12.2 Å². The number of anilines is 1. The van der Waals surface area contributed by atoms with Gasteiger partial charge in [-0.15, -0.1) is 21.5 Å². The lowest BCUT2D eigenvalue weighted by Gasteiger charge is -2.15. The molecule has 3 amide bonds. The van der Waals surface area contributed by atoms with Crippen molar-refractivity contribution >= 4 is 51.8 Å². The third-order valence-corrected chi connectivity index (χ3v) is 4.96. The van der Waals surface area contributed by atoms with Crippen LogP contribution in [0.25, 0.3) is 0 Å². The molecule has 2 heterocycles. The van der Waals surface area contributed by atoms with E-state index in [4.69, 9.17) is 27.9 Å². The molecule has 13 heteroatoms. The Hall–Kier alpha value is -3.02. The molecule has 31 heavy (non-hydrogen) atoms. The van der Waals surface area contributed by atoms with Crippen LogP contribution in [0.15, 0.2) is 35.7 Å². The maximum absolute atomic E-state index is 13.2. The van der Waals surface area contributed by atoms with Crippen LogP contribution in [0.2, 0.25) is 10.3 Å². The fourth-order valence-electron chi connectivity index (χ4n) is 2.30. The first-order valence-electron chi connectivity index (χ1n) is 8.65. The predicted octanol–water partition coefficient (Wildman–Crippen LogP) is 4.33. The Balaban J connectivity index is 1.50. The third-order valence-electron chi connectivity index (χ3n) is 3.71. The van der Waals surface area contributed by atoms with E-state index in [1.165, 1.54) is 41.5 Å². The van der Waals surface area contributed by atoms with Gasteiger partial charge in [-0.05, 0) is 17.7 Å². The molecule has 2 aromatic heterocycles. The molecular formula is C18H15Cl2FN6O3S. The molecule has 3 aromatic rings. The summed E-state index contributed by atoms with van der Waals surface area (Å²) in [5, 5.41) is 14.2. The Bertz CT molecular complexity index is 1100. The van der Waals surface area contributed by atoms with E-state index in [-0.39, 0.29) is 35.0 Å². The first-order valence-corrected chi connectivity index (χ1v) is 10.3. The van der Waals surface area contributed by atoms with Gasteiger partial charge in [-0.1, -0.05) is 35.3 Å². The average Bonchev–Trinajstić information content (AvgIpc) is 3.15. The number of ether oxygens (including phenoxy) is 1. The summed E-state index contributed by atoms with van der Waals surface area (Å²) in [4.78, 5) is 29.7. The molecule has 0 bridgehead atoms. The Morgan fingerprint density at radius 3 is 2.84 bits per heavy atom. The first kappa shape index (κ1) is 22.7. The van der Waals surface area contributed by atoms with Gasteiger partial charge in [0.2, 0.25) is 0 Å². The lowest BCUT2D eigenvalue weighted by atomic mass is 10.2. The molecule has 0 spiro atoms. The number of hydrogen-bond acceptors (Lipinski definition) is 7. The van der Waals surface area contributed by atoms with Crippen molar-refractivity contribution in [2.75, 3.05) is 12.4 Å². The molecule has 0 saturated heterocycles. The average molecular weight is 485 g/mol. The Kier molecular flexibility index (Phi) is 7.55. The van der Waals surface area contributed by atoms with Gasteiger partial charge in [-0.25, -0.2) is 19.0 Å². The van der Waals surface area contributed by atoms with Gasteiger partial charge in [-0.3, -0.25) is 5.32 Å². The van der Waals surface area contributed by atoms with Crippen molar-refractivity contribution in [3.63, 3.8) is 0 Å². The molecule has 0 radical (unpaired) electrons. The van der Waals surface area contributed by atoms with Gasteiger partial charge in [0, 0.05) is 25.0 Å². The molecule has 0 aliphatic carbocycles. The lowest BCUT2D eigenvalue weighted by Crippen LogP contribution is -2.30. The highest BCUT2D eigenvalue weighted by atomic mass is 35.5. The van der Waals surface area contributed by atoms with E-state index in [1.807, 2.05) is 0 Å². The van der Waals surface area contributed by atoms with Crippen molar-refractivity contribution in [1.82, 2.24) is 25.4 Å². The number of nitrogens with zero attached hydrogens (tertiary/aromatic N) is 4. The number of amides is 3. The van der Waals surface area contributed by atoms with Gasteiger partial charge in [-0.2, -0.15) is 0 Å². The van der Waals surface area contributed by atoms with Crippen LogP contribution >= 0.6 is 34.5 Å². The van der Waals surface area contributed by atoms with Gasteiger partial charge in [0.25, 0.3) is 0 Å². The number of carbonyl (C=O) groups is 2. The monoisotopic (exact) mass is 484 g/mol. The van der Waals surface area contributed by atoms with Crippen molar-refractivity contribution in [3.8, 4) is 5.75 Å². The second kappa shape index (κ2) is 10.3. The maximum atomic E-state index is 13.2. The SMILES string of the molecule is CN(Cc1csc(NC(=O)NCc2cccc(F)c2)n1)C(=O)Oc1cc(Cl)nnc1Cl. The van der Waals surface area contributed by atoms with Crippen LogP contribution < -0.4 is 15.4 Å². The zero-order valence-corrected chi connectivity index (χ0v) is 18.3. The molecule has 0 saturated carbocycles. The lowest BCUT2D eigenvalue weighted by molar-refractivity contribution is 0.160. The van der Waals surface area contributed by atoms with E-state index in [0.29, 0.717) is 16.4 Å². The van der Waals surface area contributed by atoms with Crippen LogP contribution in [0.4, 0.5) is 19.1 Å². The summed E-state index contributed by atoms with van der Waals surface area (Å²) in [7, 11) is 1.50. The number of benzene rings is 1. The second-order valence-corrected chi connectivity index (χ2v) is 7.73. The highest BCUT2D eigenvalue weighted by molar-refractivity contribution is 7.13. The molecule has 0 aliphatic rings. The Labute approximate surface area is 190 Å². The Morgan fingerprint density at radius 2 is 2.06 bits per heavy atom. The normalized spacial score (nSPS) is 10.5. The van der Waals surface area contributed by atoms with Crippen molar-refractivity contribution in [2.45, 2.75) is 13.1 Å². The summed E-state index contributed by atoms with van der Waals surface area (Å²) < 4.78 is 18.3. The molecule has 0 aliphatic heterocycles. The molecule has 2 N–H and O–H groups in total. The fourth-order valence-corrected chi connectivity index (χ4v) is 3.26. The molecule has 0 atom stereocenters. The second-order valence-electron chi connectivity index (χ2n) is 6.13. The van der Waals surface area contributed by atoms with Crippen LogP contribution in [-0.4, -0.2) is 39.3 Å². The van der Waals surface area contributed by atoms with Crippen LogP contribution in [0.1, 0.15) is 11.3 Å². The summed E-state index contributed by atoms with van der Waals surface area (Å²) in [5.41, 5.74) is 1.16. The number of thiazole rings is 1. The van der Waals surface area contributed by atoms with E-state index in [0.717, 1.165) is 0 Å². The maximum Gasteiger partial charge on any atom is 0.415 e. The standard InChI is InChI=1S/C18H15Cl2FN6O3S/c1-27(18(29)30-13-6-14(19)25-26-15(13)20)8-12-9-31-17(23-12)24-16(28)22-7-10-3-2-4-11(21)5-10/h2-6,9H,7-8H2,1H3,(H2,22,23,24,28). The van der Waals surface area contributed by atoms with Crippen molar-refractivity contribution < 1.29 is 18.7 Å². The Morgan fingerprint density at radius 1 is 1.26 bits per heavy atom. The van der Waals surface area contributed by atoms with E-state index in [1.54, 1.807) is 17.5 Å². The molecule has 1 aromatic carbocycles. The predicted molar refractivity (Wildman–Crippen MR) is 114 cm³/mol. The number of nitrogens with one attached hydrogen (secondary N) is 2. The van der Waals surface area contributed by atoms with Crippen LogP contribution in [-0.2, 0) is 13.1 Å². The van der Waals surface area contributed by atoms with Gasteiger partial charge < -0.3 is 15.0 Å². The van der Waals surface area contributed by atoms with E-state index in [9.17, 15) is 14.0 Å². The number of hydrogen-bond donors (Lipinski definition) is 2.